The molecule has 0 spiro atoms. The number of benzene rings is 2. The van der Waals surface area contributed by atoms with E-state index in [2.05, 4.69) is 10.6 Å². The van der Waals surface area contributed by atoms with Crippen molar-refractivity contribution in [1.82, 2.24) is 0 Å². The van der Waals surface area contributed by atoms with Gasteiger partial charge in [0.15, 0.2) is 5.66 Å². The van der Waals surface area contributed by atoms with Crippen LogP contribution in [-0.2, 0) is 10.5 Å². The van der Waals surface area contributed by atoms with Crippen LogP contribution in [0.15, 0.2) is 42.5 Å². The summed E-state index contributed by atoms with van der Waals surface area (Å²) in [5, 5.41) is 17.0. The first-order valence-electron chi connectivity index (χ1n) is 9.02. The number of rotatable bonds is 7. The number of carbonyl (C=O) groups is 1. The van der Waals surface area contributed by atoms with Crippen molar-refractivity contribution < 1.29 is 19.4 Å². The zero-order chi connectivity index (χ0) is 19.6. The molecule has 27 heavy (non-hydrogen) atoms. The van der Waals surface area contributed by atoms with E-state index < -0.39 is 17.6 Å². The van der Waals surface area contributed by atoms with Gasteiger partial charge in [0.05, 0.1) is 25.6 Å². The fourth-order valence-electron chi connectivity index (χ4n) is 3.71. The molecule has 0 radical (unpaired) electrons. The summed E-state index contributed by atoms with van der Waals surface area (Å²) in [6.07, 6.45) is 0.499. The van der Waals surface area contributed by atoms with Crippen LogP contribution < -0.4 is 20.1 Å². The zero-order valence-electron chi connectivity index (χ0n) is 16.1. The molecule has 1 heterocycles. The van der Waals surface area contributed by atoms with Gasteiger partial charge >= 0.3 is 5.97 Å². The molecule has 0 saturated heterocycles. The third-order valence-corrected chi connectivity index (χ3v) is 4.95. The van der Waals surface area contributed by atoms with E-state index in [9.17, 15) is 9.90 Å². The van der Waals surface area contributed by atoms with Crippen molar-refractivity contribution in [3.8, 4) is 11.5 Å². The molecule has 6 nitrogen and oxygen atoms in total. The maximum Gasteiger partial charge on any atom is 0.311 e. The lowest BCUT2D eigenvalue weighted by atomic mass is 9.80. The number of nitrogens with one attached hydrogen (secondary N) is 2. The Kier molecular flexibility index (Phi) is 5.17. The van der Waals surface area contributed by atoms with Gasteiger partial charge in [0, 0.05) is 11.6 Å². The van der Waals surface area contributed by atoms with Gasteiger partial charge in [-0.05, 0) is 36.6 Å². The van der Waals surface area contributed by atoms with Gasteiger partial charge in [-0.1, -0.05) is 26.0 Å². The molecule has 0 saturated carbocycles. The minimum absolute atomic E-state index is 0.208. The average molecular weight is 370 g/mol. The molecule has 3 N–H and O–H groups in total. The first-order chi connectivity index (χ1) is 12.9. The van der Waals surface area contributed by atoms with Gasteiger partial charge in [0.2, 0.25) is 0 Å². The molecule has 2 aromatic rings. The molecule has 0 amide bonds. The Hall–Kier alpha value is -2.89. The van der Waals surface area contributed by atoms with Crippen molar-refractivity contribution in [3.63, 3.8) is 0 Å². The maximum absolute atomic E-state index is 12.3. The predicted octanol–water partition coefficient (Wildman–Crippen LogP) is 4.14. The molecule has 1 aliphatic heterocycles. The highest BCUT2D eigenvalue weighted by atomic mass is 16.5. The molecule has 6 heteroatoms. The molecule has 3 rings (SSSR count). The van der Waals surface area contributed by atoms with Gasteiger partial charge in [-0.15, -0.1) is 0 Å². The van der Waals surface area contributed by atoms with Crippen LogP contribution in [-0.4, -0.2) is 25.3 Å². The average Bonchev–Trinajstić information content (AvgIpc) is 3.05. The quantitative estimate of drug-likeness (QED) is 0.680. The van der Waals surface area contributed by atoms with E-state index in [0.29, 0.717) is 17.9 Å². The van der Waals surface area contributed by atoms with Crippen LogP contribution in [0.3, 0.4) is 0 Å². The predicted molar refractivity (Wildman–Crippen MR) is 105 cm³/mol. The van der Waals surface area contributed by atoms with Gasteiger partial charge in [-0.2, -0.15) is 0 Å². The summed E-state index contributed by atoms with van der Waals surface area (Å²) in [5.41, 5.74) is 1.43. The highest BCUT2D eigenvalue weighted by Gasteiger charge is 2.50. The Morgan fingerprint density at radius 2 is 1.70 bits per heavy atom. The number of hydrogen-bond donors (Lipinski definition) is 3. The molecule has 144 valence electrons. The number of anilines is 2. The van der Waals surface area contributed by atoms with Gasteiger partial charge in [-0.25, -0.2) is 0 Å². The minimum atomic E-state index is -1.03. The molecule has 0 aliphatic carbocycles. The molecule has 0 aromatic heterocycles. The largest absolute Gasteiger partial charge is 0.497 e. The fourth-order valence-corrected chi connectivity index (χ4v) is 3.71. The minimum Gasteiger partial charge on any atom is -0.497 e. The summed E-state index contributed by atoms with van der Waals surface area (Å²) < 4.78 is 10.9. The van der Waals surface area contributed by atoms with E-state index in [1.165, 1.54) is 0 Å². The first-order valence-corrected chi connectivity index (χ1v) is 9.02. The number of hydrogen-bond acceptors (Lipinski definition) is 5. The summed E-state index contributed by atoms with van der Waals surface area (Å²) in [6, 6.07) is 13.2. The van der Waals surface area contributed by atoms with Gasteiger partial charge < -0.3 is 25.2 Å². The number of carboxylic acid groups (broad SMARTS) is 1. The highest BCUT2D eigenvalue weighted by molar-refractivity contribution is 5.83. The molecular weight excluding hydrogens is 344 g/mol. The molecule has 1 unspecified atom stereocenters. The molecular formula is C21H26N2O4. The molecule has 1 atom stereocenters. The third kappa shape index (κ3) is 3.39. The van der Waals surface area contributed by atoms with E-state index in [0.717, 1.165) is 16.9 Å². The normalized spacial score (nSPS) is 15.4. The lowest BCUT2D eigenvalue weighted by Crippen LogP contribution is -2.50. The summed E-state index contributed by atoms with van der Waals surface area (Å²) in [4.78, 5) is 12.3. The number of carboxylic acids is 1. The second-order valence-corrected chi connectivity index (χ2v) is 7.19. The SMILES string of the molecule is COc1ccc(C2(C(CC(C)C)C(=O)O)Nc3ccccc3N2)c(OC)c1. The van der Waals surface area contributed by atoms with Crippen molar-refractivity contribution in [3.05, 3.63) is 48.0 Å². The fraction of sp³-hybridized carbons (Fsp3) is 0.381. The Morgan fingerprint density at radius 1 is 1.07 bits per heavy atom. The number of methoxy groups -OCH3 is 2. The van der Waals surface area contributed by atoms with Crippen molar-refractivity contribution >= 4 is 17.3 Å². The molecule has 0 fully saturated rings. The first kappa shape index (κ1) is 18.9. The van der Waals surface area contributed by atoms with E-state index in [1.54, 1.807) is 20.3 Å². The van der Waals surface area contributed by atoms with Crippen molar-refractivity contribution in [2.45, 2.75) is 25.9 Å². The van der Waals surface area contributed by atoms with Crippen LogP contribution in [0.1, 0.15) is 25.8 Å². The van der Waals surface area contributed by atoms with Crippen LogP contribution in [0.25, 0.3) is 0 Å². The topological polar surface area (TPSA) is 79.8 Å². The Bertz CT molecular complexity index is 810. The van der Waals surface area contributed by atoms with E-state index in [1.807, 2.05) is 50.2 Å². The van der Waals surface area contributed by atoms with Crippen LogP contribution in [0.5, 0.6) is 11.5 Å². The summed E-state index contributed by atoms with van der Waals surface area (Å²) in [5.74, 6) is -0.157. The van der Waals surface area contributed by atoms with E-state index in [-0.39, 0.29) is 5.92 Å². The lowest BCUT2D eigenvalue weighted by Gasteiger charge is -2.38. The summed E-state index contributed by atoms with van der Waals surface area (Å²) in [6.45, 7) is 4.05. The second-order valence-electron chi connectivity index (χ2n) is 7.19. The van der Waals surface area contributed by atoms with Gasteiger partial charge in [0.25, 0.3) is 0 Å². The maximum atomic E-state index is 12.3. The van der Waals surface area contributed by atoms with Gasteiger partial charge in [0.1, 0.15) is 17.4 Å². The van der Waals surface area contributed by atoms with Crippen LogP contribution >= 0.6 is 0 Å². The van der Waals surface area contributed by atoms with Crippen molar-refractivity contribution in [2.24, 2.45) is 11.8 Å². The van der Waals surface area contributed by atoms with Gasteiger partial charge in [-0.3, -0.25) is 4.79 Å². The zero-order valence-corrected chi connectivity index (χ0v) is 16.1. The van der Waals surface area contributed by atoms with Crippen LogP contribution in [0, 0.1) is 11.8 Å². The number of ether oxygens (including phenoxy) is 2. The third-order valence-electron chi connectivity index (χ3n) is 4.95. The molecule has 0 bridgehead atoms. The van der Waals surface area contributed by atoms with Crippen LogP contribution in [0.4, 0.5) is 11.4 Å². The number of fused-ring (bicyclic) bond motifs is 1. The number of aliphatic carboxylic acids is 1. The smallest absolute Gasteiger partial charge is 0.311 e. The van der Waals surface area contributed by atoms with Crippen molar-refractivity contribution in [2.75, 3.05) is 24.9 Å². The van der Waals surface area contributed by atoms with E-state index in [4.69, 9.17) is 9.47 Å². The lowest BCUT2D eigenvalue weighted by molar-refractivity contribution is -0.144. The highest BCUT2D eigenvalue weighted by Crippen LogP contribution is 2.48. The van der Waals surface area contributed by atoms with E-state index >= 15 is 0 Å². The van der Waals surface area contributed by atoms with Crippen molar-refractivity contribution in [1.29, 1.82) is 0 Å². The molecule has 2 aromatic carbocycles. The Morgan fingerprint density at radius 3 is 2.19 bits per heavy atom. The Balaban J connectivity index is 2.19. The summed E-state index contributed by atoms with van der Waals surface area (Å²) in [7, 11) is 3.16. The monoisotopic (exact) mass is 370 g/mol. The number of para-hydroxylation sites is 2. The second kappa shape index (κ2) is 7.39. The molecule has 1 aliphatic rings. The Labute approximate surface area is 159 Å². The van der Waals surface area contributed by atoms with Crippen LogP contribution in [0.2, 0.25) is 0 Å². The summed E-state index contributed by atoms with van der Waals surface area (Å²) >= 11 is 0. The standard InChI is InChI=1S/C21H26N2O4/c1-13(2)11-16(20(24)25)21(22-17-7-5-6-8-18(17)23-21)15-10-9-14(26-3)12-19(15)27-4/h5-10,12-13,16,22-23H,11H2,1-4H3,(H,24,25).